The fraction of sp³-hybridized carbons (Fsp3) is 1.00. The Hall–Kier alpha value is 0.617. The van der Waals surface area contributed by atoms with Crippen molar-refractivity contribution in [3.05, 3.63) is 0 Å². The van der Waals surface area contributed by atoms with Crippen LogP contribution in [0.15, 0.2) is 0 Å². The molecule has 0 aliphatic rings. The van der Waals surface area contributed by atoms with E-state index in [1.807, 2.05) is 0 Å². The number of halogens is 1. The largest absolute Gasteiger partial charge is 0.391 e. The average molecular weight is 297 g/mol. The van der Waals surface area contributed by atoms with Gasteiger partial charge in [-0.15, -0.1) is 0 Å². The fourth-order valence-electron chi connectivity index (χ4n) is 1.58. The van der Waals surface area contributed by atoms with Crippen molar-refractivity contribution in [3.63, 3.8) is 0 Å². The van der Waals surface area contributed by atoms with Crippen molar-refractivity contribution in [1.29, 1.82) is 0 Å². The topological polar surface area (TPSA) is 18.5 Å². The van der Waals surface area contributed by atoms with Crippen LogP contribution in [0.4, 0.5) is 0 Å². The van der Waals surface area contributed by atoms with Crippen molar-refractivity contribution < 1.29 is 8.85 Å². The first kappa shape index (κ1) is 15.6. The highest BCUT2D eigenvalue weighted by Gasteiger charge is 2.37. The van der Waals surface area contributed by atoms with E-state index in [0.29, 0.717) is 0 Å². The molecule has 0 aromatic carbocycles. The highest BCUT2D eigenvalue weighted by molar-refractivity contribution is 9.09. The predicted octanol–water partition coefficient (Wildman–Crippen LogP) is 4.01. The van der Waals surface area contributed by atoms with Crippen molar-refractivity contribution in [2.24, 2.45) is 0 Å². The monoisotopic (exact) mass is 296 g/mol. The summed E-state index contributed by atoms with van der Waals surface area (Å²) < 4.78 is 12.1. The maximum absolute atomic E-state index is 6.07. The molecule has 0 unspecified atom stereocenters. The summed E-state index contributed by atoms with van der Waals surface area (Å²) in [6, 6.07) is 1.09. The third-order valence-corrected chi connectivity index (χ3v) is 7.90. The van der Waals surface area contributed by atoms with Gasteiger partial charge in [0.1, 0.15) is 0 Å². The lowest BCUT2D eigenvalue weighted by atomic mass is 10.4. The molecule has 0 spiro atoms. The van der Waals surface area contributed by atoms with Gasteiger partial charge in [0, 0.05) is 17.2 Å². The summed E-state index contributed by atoms with van der Waals surface area (Å²) in [5.74, 6) is 0. The summed E-state index contributed by atoms with van der Waals surface area (Å²) >= 11 is 3.57. The van der Waals surface area contributed by atoms with E-state index in [0.717, 1.165) is 11.0 Å². The van der Waals surface area contributed by atoms with E-state index in [9.17, 15) is 0 Å². The Morgan fingerprint density at radius 1 is 1.07 bits per heavy atom. The lowest BCUT2D eigenvalue weighted by Gasteiger charge is -2.32. The minimum absolute atomic E-state index is 0.254. The average Bonchev–Trinajstić information content (AvgIpc) is 2.12. The zero-order valence-electron chi connectivity index (χ0n) is 10.7. The van der Waals surface area contributed by atoms with E-state index in [-0.39, 0.29) is 12.2 Å². The Balaban J connectivity index is 4.44. The Bertz CT molecular complexity index is 153. The molecule has 0 saturated carbocycles. The normalized spacial score (nSPS) is 12.8. The summed E-state index contributed by atoms with van der Waals surface area (Å²) in [5.41, 5.74) is 0. The predicted molar refractivity (Wildman–Crippen MR) is 71.7 cm³/mol. The van der Waals surface area contributed by atoms with Gasteiger partial charge in [-0.05, 0) is 33.7 Å². The summed E-state index contributed by atoms with van der Waals surface area (Å²) in [5, 5.41) is 0. The quantitative estimate of drug-likeness (QED) is 0.498. The summed E-state index contributed by atoms with van der Waals surface area (Å²) in [6.45, 7) is 10.5. The highest BCUT2D eigenvalue weighted by Crippen LogP contribution is 2.23. The van der Waals surface area contributed by atoms with Crippen LogP contribution >= 0.6 is 15.9 Å². The van der Waals surface area contributed by atoms with Crippen LogP contribution in [0.3, 0.4) is 0 Å². The number of alkyl halides is 1. The number of hydrogen-bond acceptors (Lipinski definition) is 2. The van der Waals surface area contributed by atoms with Crippen molar-refractivity contribution >= 4 is 24.5 Å². The van der Waals surface area contributed by atoms with Crippen LogP contribution in [0.2, 0.25) is 6.04 Å². The highest BCUT2D eigenvalue weighted by atomic mass is 79.9. The Kier molecular flexibility index (Phi) is 8.14. The van der Waals surface area contributed by atoms with Gasteiger partial charge >= 0.3 is 8.56 Å². The van der Waals surface area contributed by atoms with Gasteiger partial charge in [-0.3, -0.25) is 0 Å². The SMILES string of the molecule is CCCC[Si](CBr)(OC(C)C)OC(C)C. The van der Waals surface area contributed by atoms with Crippen LogP contribution in [0.5, 0.6) is 0 Å². The van der Waals surface area contributed by atoms with Gasteiger partial charge in [0.2, 0.25) is 0 Å². The molecule has 0 saturated heterocycles. The van der Waals surface area contributed by atoms with Gasteiger partial charge < -0.3 is 8.85 Å². The lowest BCUT2D eigenvalue weighted by Crippen LogP contribution is -2.48. The molecule has 0 fully saturated rings. The molecule has 0 aromatic heterocycles. The van der Waals surface area contributed by atoms with Crippen LogP contribution in [-0.4, -0.2) is 25.7 Å². The Morgan fingerprint density at radius 3 is 1.80 bits per heavy atom. The second-order valence-corrected chi connectivity index (χ2v) is 9.22. The van der Waals surface area contributed by atoms with Crippen LogP contribution < -0.4 is 0 Å². The van der Waals surface area contributed by atoms with Crippen molar-refractivity contribution in [3.8, 4) is 0 Å². The molecule has 15 heavy (non-hydrogen) atoms. The van der Waals surface area contributed by atoms with Crippen LogP contribution in [0.1, 0.15) is 47.5 Å². The molecule has 0 aliphatic carbocycles. The molecule has 0 aromatic rings. The molecule has 0 atom stereocenters. The Morgan fingerprint density at radius 2 is 1.53 bits per heavy atom. The first-order valence-corrected chi connectivity index (χ1v) is 9.22. The molecule has 0 aliphatic heterocycles. The number of unbranched alkanes of at least 4 members (excludes halogenated alkanes) is 1. The lowest BCUT2D eigenvalue weighted by molar-refractivity contribution is 0.108. The zero-order chi connectivity index (χ0) is 11.9. The molecule has 0 radical (unpaired) electrons. The smallest absolute Gasteiger partial charge is 0.349 e. The van der Waals surface area contributed by atoms with Gasteiger partial charge in [-0.2, -0.15) is 0 Å². The fourth-order valence-corrected chi connectivity index (χ4v) is 6.38. The first-order chi connectivity index (χ1) is 6.95. The first-order valence-electron chi connectivity index (χ1n) is 5.87. The molecule has 2 nitrogen and oxygen atoms in total. The number of rotatable bonds is 8. The molecule has 4 heteroatoms. The van der Waals surface area contributed by atoms with Crippen LogP contribution in [0.25, 0.3) is 0 Å². The zero-order valence-corrected chi connectivity index (χ0v) is 13.3. The van der Waals surface area contributed by atoms with Gasteiger partial charge in [0.05, 0.1) is 0 Å². The van der Waals surface area contributed by atoms with Crippen molar-refractivity contribution in [2.45, 2.75) is 65.7 Å². The van der Waals surface area contributed by atoms with E-state index in [4.69, 9.17) is 8.85 Å². The van der Waals surface area contributed by atoms with E-state index in [1.54, 1.807) is 0 Å². The molecular weight excluding hydrogens is 272 g/mol. The molecule has 0 rings (SSSR count). The number of hydrogen-bond donors (Lipinski definition) is 0. The summed E-state index contributed by atoms with van der Waals surface area (Å²) in [7, 11) is -2.00. The molecule has 92 valence electrons. The summed E-state index contributed by atoms with van der Waals surface area (Å²) in [4.78, 5) is 0.871. The second-order valence-electron chi connectivity index (χ2n) is 4.48. The van der Waals surface area contributed by atoms with E-state index in [2.05, 4.69) is 50.5 Å². The standard InChI is InChI=1S/C11H25BrO2Si/c1-6-7-8-15(9-12,13-10(2)3)14-11(4)5/h10-11H,6-9H2,1-5H3. The third kappa shape index (κ3) is 6.71. The van der Waals surface area contributed by atoms with Gasteiger partial charge in [-0.25, -0.2) is 0 Å². The van der Waals surface area contributed by atoms with Crippen molar-refractivity contribution in [2.75, 3.05) is 4.95 Å². The maximum Gasteiger partial charge on any atom is 0.349 e. The van der Waals surface area contributed by atoms with Crippen molar-refractivity contribution in [1.82, 2.24) is 0 Å². The molecule has 0 heterocycles. The minimum atomic E-state index is -2.00. The minimum Gasteiger partial charge on any atom is -0.391 e. The molecular formula is C11H25BrO2Si. The van der Waals surface area contributed by atoms with Gasteiger partial charge in [0.15, 0.2) is 0 Å². The van der Waals surface area contributed by atoms with Crippen LogP contribution in [-0.2, 0) is 8.85 Å². The second kappa shape index (κ2) is 7.82. The van der Waals surface area contributed by atoms with E-state index in [1.165, 1.54) is 12.8 Å². The molecule has 0 N–H and O–H groups in total. The van der Waals surface area contributed by atoms with Crippen LogP contribution in [0, 0.1) is 0 Å². The van der Waals surface area contributed by atoms with Gasteiger partial charge in [-0.1, -0.05) is 35.7 Å². The van der Waals surface area contributed by atoms with E-state index >= 15 is 0 Å². The molecule has 0 amide bonds. The van der Waals surface area contributed by atoms with Gasteiger partial charge in [0.25, 0.3) is 0 Å². The summed E-state index contributed by atoms with van der Waals surface area (Å²) in [6.07, 6.45) is 2.90. The third-order valence-electron chi connectivity index (χ3n) is 2.02. The van der Waals surface area contributed by atoms with E-state index < -0.39 is 8.56 Å². The maximum atomic E-state index is 6.07. The molecule has 0 bridgehead atoms. The Labute approximate surface area is 104 Å².